The van der Waals surface area contributed by atoms with Gasteiger partial charge in [0.25, 0.3) is 5.91 Å². The van der Waals surface area contributed by atoms with Gasteiger partial charge in [-0.2, -0.15) is 5.10 Å². The molecule has 0 N–H and O–H groups in total. The van der Waals surface area contributed by atoms with Crippen molar-refractivity contribution in [2.75, 3.05) is 6.54 Å². The first kappa shape index (κ1) is 14.4. The summed E-state index contributed by atoms with van der Waals surface area (Å²) in [5.74, 6) is 0.316. The lowest BCUT2D eigenvalue weighted by molar-refractivity contribution is 0.0741. The van der Waals surface area contributed by atoms with E-state index >= 15 is 0 Å². The van der Waals surface area contributed by atoms with Crippen LogP contribution in [0.5, 0.6) is 0 Å². The first-order valence-electron chi connectivity index (χ1n) is 7.65. The van der Waals surface area contributed by atoms with Crippen LogP contribution >= 0.6 is 0 Å². The van der Waals surface area contributed by atoms with Crippen LogP contribution in [0.2, 0.25) is 0 Å². The largest absolute Gasteiger partial charge is 0.275 e. The number of aromatic nitrogens is 1. The van der Waals surface area contributed by atoms with E-state index in [9.17, 15) is 4.79 Å². The molecular weight excluding hydrogens is 274 g/mol. The summed E-state index contributed by atoms with van der Waals surface area (Å²) < 4.78 is 0. The van der Waals surface area contributed by atoms with Crippen molar-refractivity contribution >= 4 is 11.6 Å². The van der Waals surface area contributed by atoms with Gasteiger partial charge < -0.3 is 0 Å². The van der Waals surface area contributed by atoms with Gasteiger partial charge in [0.2, 0.25) is 0 Å². The fourth-order valence-electron chi connectivity index (χ4n) is 2.76. The van der Waals surface area contributed by atoms with E-state index in [1.165, 1.54) is 0 Å². The minimum absolute atomic E-state index is 0.0870. The maximum Gasteiger partial charge on any atom is 0.275 e. The van der Waals surface area contributed by atoms with Gasteiger partial charge in [-0.05, 0) is 30.5 Å². The number of benzene rings is 1. The molecule has 1 amide bonds. The number of hydrazone groups is 1. The Morgan fingerprint density at radius 3 is 2.73 bits per heavy atom. The number of rotatable bonds is 3. The summed E-state index contributed by atoms with van der Waals surface area (Å²) in [5, 5.41) is 6.23. The molecule has 22 heavy (non-hydrogen) atoms. The van der Waals surface area contributed by atoms with E-state index in [1.54, 1.807) is 29.5 Å². The minimum atomic E-state index is -0.0870. The average molecular weight is 293 g/mol. The van der Waals surface area contributed by atoms with Crippen molar-refractivity contribution < 1.29 is 4.79 Å². The van der Waals surface area contributed by atoms with Gasteiger partial charge in [-0.3, -0.25) is 9.78 Å². The highest BCUT2D eigenvalue weighted by molar-refractivity contribution is 6.04. The molecule has 3 rings (SSSR count). The number of carbonyl (C=O) groups is 1. The highest BCUT2D eigenvalue weighted by Crippen LogP contribution is 2.23. The molecule has 2 heterocycles. The minimum Gasteiger partial charge on any atom is -0.267 e. The van der Waals surface area contributed by atoms with Crippen molar-refractivity contribution in [3.63, 3.8) is 0 Å². The third kappa shape index (κ3) is 2.91. The lowest BCUT2D eigenvalue weighted by Gasteiger charge is -2.29. The van der Waals surface area contributed by atoms with Crippen LogP contribution in [0.3, 0.4) is 0 Å². The molecule has 1 aliphatic heterocycles. The van der Waals surface area contributed by atoms with E-state index in [-0.39, 0.29) is 5.91 Å². The van der Waals surface area contributed by atoms with E-state index in [4.69, 9.17) is 0 Å². The third-order valence-electron chi connectivity index (χ3n) is 4.01. The topological polar surface area (TPSA) is 45.6 Å². The molecule has 2 aromatic rings. The Morgan fingerprint density at radius 1 is 1.23 bits per heavy atom. The van der Waals surface area contributed by atoms with Gasteiger partial charge in [-0.1, -0.05) is 37.3 Å². The molecule has 0 aliphatic carbocycles. The van der Waals surface area contributed by atoms with Crippen molar-refractivity contribution in [3.05, 3.63) is 66.0 Å². The molecule has 1 aliphatic rings. The lowest BCUT2D eigenvalue weighted by atomic mass is 9.90. The SMILES string of the molecule is CCC1CCN(C(=O)c2cccnc2)N=C1c1ccccc1. The zero-order valence-electron chi connectivity index (χ0n) is 12.6. The van der Waals surface area contributed by atoms with Crippen LogP contribution in [0.15, 0.2) is 60.0 Å². The van der Waals surface area contributed by atoms with Gasteiger partial charge in [0.1, 0.15) is 0 Å². The predicted molar refractivity (Wildman–Crippen MR) is 86.7 cm³/mol. The zero-order valence-corrected chi connectivity index (χ0v) is 12.6. The molecular formula is C18H19N3O. The van der Waals surface area contributed by atoms with Gasteiger partial charge >= 0.3 is 0 Å². The fourth-order valence-corrected chi connectivity index (χ4v) is 2.76. The second-order valence-electron chi connectivity index (χ2n) is 5.42. The van der Waals surface area contributed by atoms with Crippen molar-refractivity contribution in [2.45, 2.75) is 19.8 Å². The van der Waals surface area contributed by atoms with Crippen molar-refractivity contribution in [1.82, 2.24) is 9.99 Å². The summed E-state index contributed by atoms with van der Waals surface area (Å²) in [7, 11) is 0. The smallest absolute Gasteiger partial charge is 0.267 e. The molecule has 1 aromatic heterocycles. The van der Waals surface area contributed by atoms with Crippen LogP contribution in [0.4, 0.5) is 0 Å². The van der Waals surface area contributed by atoms with E-state index in [1.807, 2.05) is 18.2 Å². The number of hydrogen-bond donors (Lipinski definition) is 0. The molecule has 112 valence electrons. The second-order valence-corrected chi connectivity index (χ2v) is 5.42. The van der Waals surface area contributed by atoms with Crippen LogP contribution in [0, 0.1) is 5.92 Å². The standard InChI is InChI=1S/C18H19N3O/c1-2-14-10-12-21(18(22)16-9-6-11-19-13-16)20-17(14)15-7-4-3-5-8-15/h3-9,11,13-14H,2,10,12H2,1H3. The Bertz CT molecular complexity index is 667. The zero-order chi connectivity index (χ0) is 15.4. The molecule has 0 saturated carbocycles. The van der Waals surface area contributed by atoms with Crippen LogP contribution in [0.1, 0.15) is 35.7 Å². The molecule has 0 saturated heterocycles. The van der Waals surface area contributed by atoms with Crippen LogP contribution in [0.25, 0.3) is 0 Å². The van der Waals surface area contributed by atoms with E-state index in [0.717, 1.165) is 24.1 Å². The number of pyridine rings is 1. The fraction of sp³-hybridized carbons (Fsp3) is 0.278. The predicted octanol–water partition coefficient (Wildman–Crippen LogP) is 3.36. The Morgan fingerprint density at radius 2 is 2.05 bits per heavy atom. The number of nitrogens with zero attached hydrogens (tertiary/aromatic N) is 3. The van der Waals surface area contributed by atoms with E-state index in [2.05, 4.69) is 29.1 Å². The number of hydrogen-bond acceptors (Lipinski definition) is 3. The van der Waals surface area contributed by atoms with Crippen LogP contribution in [-0.2, 0) is 0 Å². The maximum atomic E-state index is 12.6. The normalized spacial score (nSPS) is 18.0. The molecule has 4 heteroatoms. The summed E-state index contributed by atoms with van der Waals surface area (Å²) >= 11 is 0. The summed E-state index contributed by atoms with van der Waals surface area (Å²) in [6, 6.07) is 13.7. The number of amides is 1. The van der Waals surface area contributed by atoms with E-state index < -0.39 is 0 Å². The summed E-state index contributed by atoms with van der Waals surface area (Å²) in [4.78, 5) is 16.6. The van der Waals surface area contributed by atoms with Crippen molar-refractivity contribution in [2.24, 2.45) is 11.0 Å². The molecule has 1 unspecified atom stereocenters. The Labute approximate surface area is 130 Å². The first-order valence-corrected chi connectivity index (χ1v) is 7.65. The third-order valence-corrected chi connectivity index (χ3v) is 4.01. The average Bonchev–Trinajstić information content (AvgIpc) is 2.62. The molecule has 0 radical (unpaired) electrons. The Kier molecular flexibility index (Phi) is 4.28. The van der Waals surface area contributed by atoms with Crippen LogP contribution in [-0.4, -0.2) is 28.2 Å². The second kappa shape index (κ2) is 6.52. The van der Waals surface area contributed by atoms with E-state index in [0.29, 0.717) is 18.0 Å². The Hall–Kier alpha value is -2.49. The molecule has 0 spiro atoms. The van der Waals surface area contributed by atoms with Gasteiger partial charge in [0, 0.05) is 24.9 Å². The molecule has 0 bridgehead atoms. The molecule has 4 nitrogen and oxygen atoms in total. The highest BCUT2D eigenvalue weighted by Gasteiger charge is 2.26. The van der Waals surface area contributed by atoms with Gasteiger partial charge in [0.05, 0.1) is 11.3 Å². The molecule has 1 atom stereocenters. The maximum absolute atomic E-state index is 12.6. The van der Waals surface area contributed by atoms with Crippen LogP contribution < -0.4 is 0 Å². The monoisotopic (exact) mass is 293 g/mol. The van der Waals surface area contributed by atoms with Gasteiger partial charge in [-0.25, -0.2) is 5.01 Å². The molecule has 1 aromatic carbocycles. The summed E-state index contributed by atoms with van der Waals surface area (Å²) in [6.45, 7) is 2.82. The summed E-state index contributed by atoms with van der Waals surface area (Å²) in [5.41, 5.74) is 2.68. The van der Waals surface area contributed by atoms with Gasteiger partial charge in [0.15, 0.2) is 0 Å². The highest BCUT2D eigenvalue weighted by atomic mass is 16.2. The quantitative estimate of drug-likeness (QED) is 0.871. The van der Waals surface area contributed by atoms with Crippen molar-refractivity contribution in [1.29, 1.82) is 0 Å². The summed E-state index contributed by atoms with van der Waals surface area (Å²) in [6.07, 6.45) is 5.23. The lowest BCUT2D eigenvalue weighted by Crippen LogP contribution is -2.36. The van der Waals surface area contributed by atoms with Crippen molar-refractivity contribution in [3.8, 4) is 0 Å². The van der Waals surface area contributed by atoms with Gasteiger partial charge in [-0.15, -0.1) is 0 Å². The number of carbonyl (C=O) groups excluding carboxylic acids is 1. The first-order chi connectivity index (χ1) is 10.8. The molecule has 0 fully saturated rings. The Balaban J connectivity index is 1.92.